The summed E-state index contributed by atoms with van der Waals surface area (Å²) in [5, 5.41) is 2.54. The summed E-state index contributed by atoms with van der Waals surface area (Å²) in [5.41, 5.74) is 5.18. The predicted molar refractivity (Wildman–Crippen MR) is 126 cm³/mol. The minimum atomic E-state index is -0.698. The normalized spacial score (nSPS) is 16.8. The van der Waals surface area contributed by atoms with Gasteiger partial charge in [-0.2, -0.15) is 0 Å². The van der Waals surface area contributed by atoms with Crippen molar-refractivity contribution in [2.45, 2.75) is 11.7 Å². The van der Waals surface area contributed by atoms with Crippen molar-refractivity contribution in [1.82, 2.24) is 0 Å². The van der Waals surface area contributed by atoms with Crippen LogP contribution in [0.25, 0.3) is 10.8 Å². The Hall–Kier alpha value is -3.68. The number of hydrogen-bond acceptors (Lipinski definition) is 1. The van der Waals surface area contributed by atoms with Gasteiger partial charge in [-0.3, -0.25) is 0 Å². The summed E-state index contributed by atoms with van der Waals surface area (Å²) in [4.78, 5) is 0. The fourth-order valence-corrected chi connectivity index (χ4v) is 5.02. The van der Waals surface area contributed by atoms with Crippen LogP contribution in [0, 0.1) is 0 Å². The molecule has 1 atom stereocenters. The number of hydrogen-bond donors (Lipinski definition) is 0. The van der Waals surface area contributed by atoms with Crippen LogP contribution in [0.3, 0.4) is 0 Å². The van der Waals surface area contributed by atoms with Gasteiger partial charge >= 0.3 is 0 Å². The smallest absolute Gasteiger partial charge is 0.145 e. The van der Waals surface area contributed by atoms with Crippen molar-refractivity contribution in [2.24, 2.45) is 0 Å². The molecule has 0 fully saturated rings. The molecule has 0 amide bonds. The van der Waals surface area contributed by atoms with E-state index < -0.39 is 5.60 Å². The van der Waals surface area contributed by atoms with E-state index in [0.717, 1.165) is 11.1 Å². The van der Waals surface area contributed by atoms with E-state index in [0.29, 0.717) is 0 Å². The molecule has 31 heavy (non-hydrogen) atoms. The Kier molecular flexibility index (Phi) is 4.22. The molecule has 5 aromatic carbocycles. The van der Waals surface area contributed by atoms with Gasteiger partial charge in [-0.15, -0.1) is 0 Å². The second-order valence-electron chi connectivity index (χ2n) is 8.07. The highest BCUT2D eigenvalue weighted by Crippen LogP contribution is 2.52. The van der Waals surface area contributed by atoms with Crippen molar-refractivity contribution < 1.29 is 4.74 Å². The molecule has 1 unspecified atom stereocenters. The molecule has 0 N–H and O–H groups in total. The molecular weight excluding hydrogens is 376 g/mol. The maximum atomic E-state index is 7.25. The lowest BCUT2D eigenvalue weighted by atomic mass is 9.74. The monoisotopic (exact) mass is 398 g/mol. The molecule has 0 spiro atoms. The zero-order valence-electron chi connectivity index (χ0n) is 17.1. The van der Waals surface area contributed by atoms with Crippen molar-refractivity contribution >= 4 is 10.8 Å². The lowest BCUT2D eigenvalue weighted by molar-refractivity contribution is -0.0334. The van der Waals surface area contributed by atoms with E-state index in [1.54, 1.807) is 0 Å². The Morgan fingerprint density at radius 1 is 0.516 bits per heavy atom. The topological polar surface area (TPSA) is 9.23 Å². The fourth-order valence-electron chi connectivity index (χ4n) is 5.02. The van der Waals surface area contributed by atoms with E-state index in [2.05, 4.69) is 127 Å². The van der Waals surface area contributed by atoms with Crippen molar-refractivity contribution in [3.63, 3.8) is 0 Å². The van der Waals surface area contributed by atoms with Crippen LogP contribution in [0.1, 0.15) is 33.9 Å². The van der Waals surface area contributed by atoms with Gasteiger partial charge in [0.05, 0.1) is 0 Å². The average molecular weight is 399 g/mol. The third-order valence-electron chi connectivity index (χ3n) is 6.36. The Morgan fingerprint density at radius 3 is 1.68 bits per heavy atom. The van der Waals surface area contributed by atoms with Gasteiger partial charge in [0.15, 0.2) is 0 Å². The maximum Gasteiger partial charge on any atom is 0.145 e. The average Bonchev–Trinajstić information content (AvgIpc) is 2.86. The molecule has 0 radical (unpaired) electrons. The molecule has 0 aromatic heterocycles. The lowest BCUT2D eigenvalue weighted by Gasteiger charge is -2.43. The number of ether oxygens (including phenoxy) is 1. The number of benzene rings is 5. The summed E-state index contributed by atoms with van der Waals surface area (Å²) >= 11 is 0. The zero-order chi connectivity index (χ0) is 20.7. The van der Waals surface area contributed by atoms with Crippen molar-refractivity contribution in [1.29, 1.82) is 0 Å². The molecule has 148 valence electrons. The van der Waals surface area contributed by atoms with Crippen molar-refractivity contribution in [2.75, 3.05) is 0 Å². The first-order valence-electron chi connectivity index (χ1n) is 10.7. The first-order valence-corrected chi connectivity index (χ1v) is 10.7. The van der Waals surface area contributed by atoms with Crippen molar-refractivity contribution in [3.05, 3.63) is 155 Å². The third-order valence-corrected chi connectivity index (χ3v) is 6.36. The predicted octanol–water partition coefficient (Wildman–Crippen LogP) is 7.25. The van der Waals surface area contributed by atoms with Gasteiger partial charge in [0.1, 0.15) is 11.7 Å². The van der Waals surface area contributed by atoms with Crippen LogP contribution in [0.2, 0.25) is 0 Å². The van der Waals surface area contributed by atoms with Crippen LogP contribution in [-0.4, -0.2) is 0 Å². The highest BCUT2D eigenvalue weighted by atomic mass is 16.5. The van der Waals surface area contributed by atoms with E-state index in [1.807, 2.05) is 0 Å². The molecule has 6 rings (SSSR count). The quantitative estimate of drug-likeness (QED) is 0.311. The SMILES string of the molecule is c1ccc(C2OC(c3ccccc3)(c3ccccc3)c3cccc4cccc2c34)cc1. The van der Waals surface area contributed by atoms with E-state index in [-0.39, 0.29) is 6.10 Å². The van der Waals surface area contributed by atoms with E-state index in [4.69, 9.17) is 4.74 Å². The molecule has 0 saturated heterocycles. The van der Waals surface area contributed by atoms with Gasteiger partial charge in [-0.05, 0) is 33.0 Å². The second kappa shape index (κ2) is 7.23. The first-order chi connectivity index (χ1) is 15.4. The second-order valence-corrected chi connectivity index (χ2v) is 8.07. The summed E-state index contributed by atoms with van der Waals surface area (Å²) in [7, 11) is 0. The Labute approximate surface area is 182 Å². The largest absolute Gasteiger partial charge is 0.348 e. The lowest BCUT2D eigenvalue weighted by Crippen LogP contribution is -2.37. The van der Waals surface area contributed by atoms with Crippen LogP contribution in [-0.2, 0) is 10.3 Å². The Bertz CT molecular complexity index is 1300. The highest BCUT2D eigenvalue weighted by molar-refractivity contribution is 5.92. The van der Waals surface area contributed by atoms with Gasteiger partial charge in [-0.25, -0.2) is 0 Å². The molecule has 0 saturated carbocycles. The summed E-state index contributed by atoms with van der Waals surface area (Å²) in [5.74, 6) is 0. The van der Waals surface area contributed by atoms with Crippen LogP contribution in [0.4, 0.5) is 0 Å². The summed E-state index contributed by atoms with van der Waals surface area (Å²) in [6, 6.07) is 45.0. The van der Waals surface area contributed by atoms with Gasteiger partial charge in [-0.1, -0.05) is 127 Å². The minimum absolute atomic E-state index is 0.166. The van der Waals surface area contributed by atoms with Crippen LogP contribution in [0.15, 0.2) is 127 Å². The molecule has 1 heterocycles. The third kappa shape index (κ3) is 2.74. The Balaban J connectivity index is 1.76. The molecule has 1 heteroatoms. The molecule has 5 aromatic rings. The van der Waals surface area contributed by atoms with E-state index in [9.17, 15) is 0 Å². The van der Waals surface area contributed by atoms with Crippen LogP contribution >= 0.6 is 0 Å². The standard InChI is InChI=1S/C30H22O/c1-4-12-23(13-5-1)29-26-20-10-14-22-15-11-21-27(28(22)26)30(31-29,24-16-6-2-7-17-24)25-18-8-3-9-19-25/h1-21,29H. The molecule has 1 aliphatic rings. The number of rotatable bonds is 3. The Morgan fingerprint density at radius 2 is 1.06 bits per heavy atom. The van der Waals surface area contributed by atoms with Gasteiger partial charge in [0.2, 0.25) is 0 Å². The summed E-state index contributed by atoms with van der Waals surface area (Å²) in [6.07, 6.45) is -0.166. The van der Waals surface area contributed by atoms with E-state index in [1.165, 1.54) is 27.5 Å². The molecule has 1 aliphatic heterocycles. The maximum absolute atomic E-state index is 7.25. The molecule has 1 nitrogen and oxygen atoms in total. The molecule has 0 bridgehead atoms. The molecule has 0 aliphatic carbocycles. The van der Waals surface area contributed by atoms with Gasteiger partial charge in [0, 0.05) is 5.56 Å². The minimum Gasteiger partial charge on any atom is -0.348 e. The zero-order valence-corrected chi connectivity index (χ0v) is 17.1. The highest BCUT2D eigenvalue weighted by Gasteiger charge is 2.45. The molecular formula is C30H22O. The van der Waals surface area contributed by atoms with Crippen LogP contribution in [0.5, 0.6) is 0 Å². The summed E-state index contributed by atoms with van der Waals surface area (Å²) in [6.45, 7) is 0. The van der Waals surface area contributed by atoms with Gasteiger partial charge in [0.25, 0.3) is 0 Å². The summed E-state index contributed by atoms with van der Waals surface area (Å²) < 4.78 is 7.25. The fraction of sp³-hybridized carbons (Fsp3) is 0.0667. The van der Waals surface area contributed by atoms with Crippen molar-refractivity contribution in [3.8, 4) is 0 Å². The van der Waals surface area contributed by atoms with E-state index >= 15 is 0 Å². The van der Waals surface area contributed by atoms with Crippen LogP contribution < -0.4 is 0 Å². The van der Waals surface area contributed by atoms with Gasteiger partial charge < -0.3 is 4.74 Å². The first kappa shape index (κ1) is 18.1.